The van der Waals surface area contributed by atoms with E-state index >= 15 is 0 Å². The third-order valence-corrected chi connectivity index (χ3v) is 6.98. The van der Waals surface area contributed by atoms with E-state index in [1.165, 1.54) is 11.3 Å². The highest BCUT2D eigenvalue weighted by atomic mass is 32.2. The summed E-state index contributed by atoms with van der Waals surface area (Å²) in [6, 6.07) is 12.5. The molecule has 3 heterocycles. The number of aromatic nitrogens is 1. The molecule has 188 valence electrons. The summed E-state index contributed by atoms with van der Waals surface area (Å²) < 4.78 is 0. The first-order chi connectivity index (χ1) is 17.6. The molecule has 2 aliphatic rings. The fraction of sp³-hybridized carbons (Fsp3) is 0.345. The van der Waals surface area contributed by atoms with Gasteiger partial charge in [0, 0.05) is 43.5 Å². The molecule has 0 saturated carbocycles. The number of pyridine rings is 1. The zero-order valence-electron chi connectivity index (χ0n) is 21.8. The second kappa shape index (κ2) is 15.7. The minimum Gasteiger partial charge on any atom is -0.373 e. The minimum absolute atomic E-state index is 0.269. The number of rotatable bonds is 7. The lowest BCUT2D eigenvalue weighted by Gasteiger charge is -2.30. The van der Waals surface area contributed by atoms with Gasteiger partial charge in [0.25, 0.3) is 6.71 Å². The average molecular weight is 501 g/mol. The van der Waals surface area contributed by atoms with Crippen LogP contribution in [0.25, 0.3) is 0 Å². The molecular weight excluding hydrogens is 463 g/mol. The van der Waals surface area contributed by atoms with Crippen molar-refractivity contribution in [2.45, 2.75) is 44.9 Å². The molecule has 5 nitrogen and oxygen atoms in total. The summed E-state index contributed by atoms with van der Waals surface area (Å²) in [5.74, 6) is 3.18. The molecule has 7 heteroatoms. The van der Waals surface area contributed by atoms with Crippen molar-refractivity contribution in [3.63, 3.8) is 0 Å². The lowest BCUT2D eigenvalue weighted by molar-refractivity contribution is -0.107. The van der Waals surface area contributed by atoms with Gasteiger partial charge < -0.3 is 9.80 Å². The van der Waals surface area contributed by atoms with E-state index in [0.717, 1.165) is 72.8 Å². The molecule has 2 aromatic rings. The Balaban J connectivity index is 0.000000243. The maximum absolute atomic E-state index is 10.8. The number of anilines is 2. The Kier molecular flexibility index (Phi) is 12.6. The van der Waals surface area contributed by atoms with Gasteiger partial charge in [-0.1, -0.05) is 57.4 Å². The molecule has 0 atom stereocenters. The van der Waals surface area contributed by atoms with Crippen LogP contribution in [-0.4, -0.2) is 43.5 Å². The van der Waals surface area contributed by atoms with E-state index < -0.39 is 0 Å². The first-order valence-electron chi connectivity index (χ1n) is 12.6. The summed E-state index contributed by atoms with van der Waals surface area (Å²) in [4.78, 5) is 19.5. The van der Waals surface area contributed by atoms with Gasteiger partial charge in [-0.15, -0.1) is 11.8 Å². The number of allylic oxidation sites excluding steroid dienone is 3. The Labute approximate surface area is 221 Å². The van der Waals surface area contributed by atoms with E-state index in [-0.39, 0.29) is 6.71 Å². The predicted molar refractivity (Wildman–Crippen MR) is 156 cm³/mol. The molecule has 1 saturated heterocycles. The molecule has 2 aliphatic heterocycles. The van der Waals surface area contributed by atoms with E-state index in [4.69, 9.17) is 5.26 Å². The van der Waals surface area contributed by atoms with E-state index in [2.05, 4.69) is 60.2 Å². The van der Waals surface area contributed by atoms with Crippen molar-refractivity contribution >= 4 is 36.3 Å². The maximum atomic E-state index is 10.8. The summed E-state index contributed by atoms with van der Waals surface area (Å²) >= 11 is 1.66. The van der Waals surface area contributed by atoms with Crippen LogP contribution in [0, 0.1) is 18.2 Å². The van der Waals surface area contributed by atoms with Crippen molar-refractivity contribution in [3.05, 3.63) is 84.6 Å². The molecular formula is C29H37BN4OS. The Morgan fingerprint density at radius 1 is 1.19 bits per heavy atom. The number of hydrogen-bond acceptors (Lipinski definition) is 5. The highest BCUT2D eigenvalue weighted by Gasteiger charge is 2.22. The second-order valence-electron chi connectivity index (χ2n) is 8.36. The Morgan fingerprint density at radius 2 is 1.94 bits per heavy atom. The second-order valence-corrected chi connectivity index (χ2v) is 9.36. The van der Waals surface area contributed by atoms with Gasteiger partial charge in [0.15, 0.2) is 0 Å². The van der Waals surface area contributed by atoms with Crippen LogP contribution >= 0.6 is 11.8 Å². The van der Waals surface area contributed by atoms with E-state index in [0.29, 0.717) is 0 Å². The summed E-state index contributed by atoms with van der Waals surface area (Å²) in [5.41, 5.74) is 5.66. The monoisotopic (exact) mass is 500 g/mol. The molecule has 0 radical (unpaired) electrons. The Hall–Kier alpha value is -3.24. The van der Waals surface area contributed by atoms with Crippen molar-refractivity contribution in [1.82, 2.24) is 4.98 Å². The standard InChI is InChI=1S/C15H16N2OS.C12H15BN2.C2H6/c1-3-5-12(4-2)10-19-15-7-6-14-13(16-15)8-9-17(14)11-18;1-11-3-2-4-12(9-11)15-7-5-13(10-14)6-8-15;1-2/h3-7,11H,1-2,8-10H2;2-4,9H,5-8H2,1H3;1-2H3/b12-5+;;. The van der Waals surface area contributed by atoms with Gasteiger partial charge in [-0.3, -0.25) is 4.79 Å². The molecule has 1 amide bonds. The molecule has 0 unspecified atom stereocenters. The average Bonchev–Trinajstić information content (AvgIpc) is 3.35. The van der Waals surface area contributed by atoms with Crippen LogP contribution in [0.4, 0.5) is 11.4 Å². The van der Waals surface area contributed by atoms with Crippen molar-refractivity contribution in [1.29, 1.82) is 5.26 Å². The number of carbonyl (C=O) groups excluding carboxylic acids is 1. The van der Waals surface area contributed by atoms with Crippen LogP contribution in [0.15, 0.2) is 78.4 Å². The number of nitrogens with zero attached hydrogens (tertiary/aromatic N) is 4. The first kappa shape index (κ1) is 29.0. The molecule has 1 aromatic heterocycles. The van der Waals surface area contributed by atoms with Gasteiger partial charge >= 0.3 is 0 Å². The highest BCUT2D eigenvalue weighted by molar-refractivity contribution is 7.99. The van der Waals surface area contributed by atoms with Gasteiger partial charge in [-0.2, -0.15) is 0 Å². The maximum Gasteiger partial charge on any atom is 0.271 e. The zero-order valence-corrected chi connectivity index (χ0v) is 22.6. The number of fused-ring (bicyclic) bond motifs is 1. The smallest absolute Gasteiger partial charge is 0.271 e. The van der Waals surface area contributed by atoms with Gasteiger partial charge in [0.2, 0.25) is 6.41 Å². The molecule has 0 spiro atoms. The first-order valence-corrected chi connectivity index (χ1v) is 13.6. The number of nitriles is 1. The van der Waals surface area contributed by atoms with E-state index in [1.807, 2.05) is 38.1 Å². The van der Waals surface area contributed by atoms with Crippen molar-refractivity contribution in [2.24, 2.45) is 0 Å². The number of benzene rings is 1. The zero-order chi connectivity index (χ0) is 26.3. The van der Waals surface area contributed by atoms with Crippen LogP contribution in [0.3, 0.4) is 0 Å². The van der Waals surface area contributed by atoms with Crippen molar-refractivity contribution in [3.8, 4) is 5.97 Å². The molecule has 0 N–H and O–H groups in total. The molecule has 36 heavy (non-hydrogen) atoms. The number of hydrogen-bond donors (Lipinski definition) is 0. The number of thioether (sulfide) groups is 1. The lowest BCUT2D eigenvalue weighted by atomic mass is 9.45. The van der Waals surface area contributed by atoms with Gasteiger partial charge in [0.05, 0.1) is 16.4 Å². The summed E-state index contributed by atoms with van der Waals surface area (Å²) in [6.07, 6.45) is 9.24. The SMILES string of the molecule is C=C/C=C(\C=C)CSc1ccc2c(n1)CCN2C=O.CC.Cc1cccc(N2CCB(C#N)CC2)c1. The lowest BCUT2D eigenvalue weighted by Crippen LogP contribution is -2.36. The van der Waals surface area contributed by atoms with Crippen LogP contribution in [0.5, 0.6) is 0 Å². The van der Waals surface area contributed by atoms with E-state index in [1.54, 1.807) is 22.7 Å². The number of amides is 1. The Bertz CT molecular complexity index is 1090. The summed E-state index contributed by atoms with van der Waals surface area (Å²) in [7, 11) is 0. The third kappa shape index (κ3) is 8.46. The third-order valence-electron chi connectivity index (χ3n) is 5.98. The normalized spacial score (nSPS) is 14.4. The Morgan fingerprint density at radius 3 is 2.56 bits per heavy atom. The van der Waals surface area contributed by atoms with Crippen molar-refractivity contribution < 1.29 is 4.79 Å². The van der Waals surface area contributed by atoms with Gasteiger partial charge in [0.1, 0.15) is 0 Å². The quantitative estimate of drug-likeness (QED) is 0.191. The van der Waals surface area contributed by atoms with Gasteiger partial charge in [-0.25, -0.2) is 10.2 Å². The number of aryl methyl sites for hydroxylation is 1. The fourth-order valence-corrected chi connectivity index (χ4v) is 4.90. The minimum atomic E-state index is 0.269. The predicted octanol–water partition coefficient (Wildman–Crippen LogP) is 6.39. The topological polar surface area (TPSA) is 60.2 Å². The summed E-state index contributed by atoms with van der Waals surface area (Å²) in [5, 5.41) is 9.80. The molecule has 0 aliphatic carbocycles. The van der Waals surface area contributed by atoms with Crippen LogP contribution in [0.1, 0.15) is 25.1 Å². The van der Waals surface area contributed by atoms with Crippen LogP contribution < -0.4 is 9.80 Å². The highest BCUT2D eigenvalue weighted by Crippen LogP contribution is 2.29. The van der Waals surface area contributed by atoms with Crippen molar-refractivity contribution in [2.75, 3.05) is 35.2 Å². The summed E-state index contributed by atoms with van der Waals surface area (Å²) in [6.45, 7) is 16.6. The molecule has 1 aromatic carbocycles. The molecule has 4 rings (SSSR count). The van der Waals surface area contributed by atoms with Gasteiger partial charge in [-0.05, 0) is 55.0 Å². The molecule has 1 fully saturated rings. The van der Waals surface area contributed by atoms with E-state index in [9.17, 15) is 4.79 Å². The fourth-order valence-electron chi connectivity index (χ4n) is 4.03. The largest absolute Gasteiger partial charge is 0.373 e. The van der Waals surface area contributed by atoms with Crippen LogP contribution in [-0.2, 0) is 11.2 Å². The number of carbonyl (C=O) groups is 1. The molecule has 0 bridgehead atoms. The van der Waals surface area contributed by atoms with Crippen LogP contribution in [0.2, 0.25) is 12.6 Å².